The minimum atomic E-state index is -0.236. The fourth-order valence-electron chi connectivity index (χ4n) is 2.00. The summed E-state index contributed by atoms with van der Waals surface area (Å²) in [6, 6.07) is 6.36. The van der Waals surface area contributed by atoms with E-state index >= 15 is 0 Å². The van der Waals surface area contributed by atoms with Crippen LogP contribution in [0.1, 0.15) is 25.6 Å². The molecule has 0 aliphatic heterocycles. The van der Waals surface area contributed by atoms with Gasteiger partial charge in [-0.25, -0.2) is 9.37 Å². The van der Waals surface area contributed by atoms with E-state index in [0.29, 0.717) is 12.5 Å². The Morgan fingerprint density at radius 3 is 2.50 bits per heavy atom. The molecule has 0 saturated heterocycles. The minimum Gasteiger partial charge on any atom is -0.342 e. The summed E-state index contributed by atoms with van der Waals surface area (Å²) in [5, 5.41) is 0. The summed E-state index contributed by atoms with van der Waals surface area (Å²) in [5.74, 6) is 1.31. The van der Waals surface area contributed by atoms with Gasteiger partial charge in [0.2, 0.25) is 0 Å². The van der Waals surface area contributed by atoms with E-state index in [1.165, 1.54) is 12.1 Å². The number of nitrogens with two attached hydrogens (primary N) is 1. The number of H-pyrrole nitrogens is 1. The van der Waals surface area contributed by atoms with Crippen LogP contribution in [0, 0.1) is 11.7 Å². The summed E-state index contributed by atoms with van der Waals surface area (Å²) in [6.45, 7) is 4.81. The van der Waals surface area contributed by atoms with Crippen molar-refractivity contribution in [2.45, 2.75) is 19.8 Å². The lowest BCUT2D eigenvalue weighted by Gasteiger charge is -2.15. The van der Waals surface area contributed by atoms with Gasteiger partial charge in [-0.1, -0.05) is 13.8 Å². The Hall–Kier alpha value is -1.68. The summed E-state index contributed by atoms with van der Waals surface area (Å²) in [5.41, 5.74) is 7.58. The van der Waals surface area contributed by atoms with Crippen molar-refractivity contribution in [1.82, 2.24) is 9.97 Å². The molecule has 0 aliphatic rings. The van der Waals surface area contributed by atoms with Gasteiger partial charge < -0.3 is 10.7 Å². The van der Waals surface area contributed by atoms with Crippen LogP contribution in [0.15, 0.2) is 30.5 Å². The number of aromatic amines is 1. The number of benzene rings is 1. The predicted octanol–water partition coefficient (Wildman–Crippen LogP) is 2.91. The van der Waals surface area contributed by atoms with Gasteiger partial charge in [-0.2, -0.15) is 0 Å². The maximum atomic E-state index is 12.9. The molecule has 96 valence electrons. The van der Waals surface area contributed by atoms with Crippen LogP contribution in [-0.4, -0.2) is 16.5 Å². The number of rotatable bonds is 4. The zero-order valence-corrected chi connectivity index (χ0v) is 10.7. The molecule has 0 aliphatic carbocycles. The minimum absolute atomic E-state index is 0.221. The molecule has 2 rings (SSSR count). The Balaban J connectivity index is 2.27. The van der Waals surface area contributed by atoms with E-state index in [2.05, 4.69) is 23.8 Å². The van der Waals surface area contributed by atoms with Crippen molar-refractivity contribution in [1.29, 1.82) is 0 Å². The fourth-order valence-corrected chi connectivity index (χ4v) is 2.00. The van der Waals surface area contributed by atoms with E-state index in [-0.39, 0.29) is 11.7 Å². The molecular formula is C14H18FN3. The largest absolute Gasteiger partial charge is 0.342 e. The fraction of sp³-hybridized carbons (Fsp3) is 0.357. The Morgan fingerprint density at radius 2 is 1.94 bits per heavy atom. The number of nitrogens with one attached hydrogen (secondary N) is 1. The van der Waals surface area contributed by atoms with E-state index in [1.54, 1.807) is 18.3 Å². The number of imidazole rings is 1. The zero-order chi connectivity index (χ0) is 13.1. The lowest BCUT2D eigenvalue weighted by Crippen LogP contribution is -2.19. The van der Waals surface area contributed by atoms with Crippen molar-refractivity contribution >= 4 is 0 Å². The van der Waals surface area contributed by atoms with Gasteiger partial charge in [0, 0.05) is 12.5 Å². The smallest absolute Gasteiger partial charge is 0.123 e. The summed E-state index contributed by atoms with van der Waals surface area (Å²) >= 11 is 0. The van der Waals surface area contributed by atoms with Crippen molar-refractivity contribution in [2.24, 2.45) is 11.7 Å². The van der Waals surface area contributed by atoms with E-state index in [1.807, 2.05) is 0 Å². The molecule has 2 aromatic rings. The molecule has 0 radical (unpaired) electrons. The molecule has 1 aromatic carbocycles. The third kappa shape index (κ3) is 2.59. The molecule has 1 heterocycles. The molecule has 0 spiro atoms. The average molecular weight is 247 g/mol. The highest BCUT2D eigenvalue weighted by Gasteiger charge is 2.17. The lowest BCUT2D eigenvalue weighted by molar-refractivity contribution is 0.487. The molecule has 3 nitrogen and oxygen atoms in total. The highest BCUT2D eigenvalue weighted by atomic mass is 19.1. The summed E-state index contributed by atoms with van der Waals surface area (Å²) < 4.78 is 12.9. The maximum absolute atomic E-state index is 12.9. The van der Waals surface area contributed by atoms with Crippen molar-refractivity contribution in [3.63, 3.8) is 0 Å². The lowest BCUT2D eigenvalue weighted by atomic mass is 9.95. The van der Waals surface area contributed by atoms with Crippen LogP contribution in [0.3, 0.4) is 0 Å². The van der Waals surface area contributed by atoms with Crippen LogP contribution in [0.25, 0.3) is 11.3 Å². The van der Waals surface area contributed by atoms with Crippen LogP contribution in [0.5, 0.6) is 0 Å². The highest BCUT2D eigenvalue weighted by Crippen LogP contribution is 2.24. The average Bonchev–Trinajstić information content (AvgIpc) is 2.80. The van der Waals surface area contributed by atoms with E-state index in [9.17, 15) is 4.39 Å². The molecule has 0 saturated carbocycles. The summed E-state index contributed by atoms with van der Waals surface area (Å²) in [7, 11) is 0. The molecule has 18 heavy (non-hydrogen) atoms. The van der Waals surface area contributed by atoms with Gasteiger partial charge in [-0.15, -0.1) is 0 Å². The Labute approximate surface area is 106 Å². The zero-order valence-electron chi connectivity index (χ0n) is 10.7. The highest BCUT2D eigenvalue weighted by molar-refractivity contribution is 5.58. The van der Waals surface area contributed by atoms with E-state index < -0.39 is 0 Å². The van der Waals surface area contributed by atoms with Gasteiger partial charge in [0.15, 0.2) is 0 Å². The van der Waals surface area contributed by atoms with Gasteiger partial charge in [0.1, 0.15) is 11.6 Å². The van der Waals surface area contributed by atoms with Crippen LogP contribution in [0.4, 0.5) is 4.39 Å². The monoisotopic (exact) mass is 247 g/mol. The van der Waals surface area contributed by atoms with Crippen LogP contribution in [0.2, 0.25) is 0 Å². The first-order chi connectivity index (χ1) is 8.61. The Kier molecular flexibility index (Phi) is 3.77. The molecular weight excluding hydrogens is 229 g/mol. The van der Waals surface area contributed by atoms with E-state index in [0.717, 1.165) is 17.1 Å². The van der Waals surface area contributed by atoms with Crippen LogP contribution in [-0.2, 0) is 0 Å². The SMILES string of the molecule is CC(C)C(CN)c1ncc(-c2ccc(F)cc2)[nH]1. The van der Waals surface area contributed by atoms with E-state index in [4.69, 9.17) is 5.73 Å². The number of hydrogen-bond donors (Lipinski definition) is 2. The molecule has 0 amide bonds. The normalized spacial score (nSPS) is 12.9. The molecule has 1 aromatic heterocycles. The quantitative estimate of drug-likeness (QED) is 0.872. The third-order valence-corrected chi connectivity index (χ3v) is 3.16. The number of nitrogens with zero attached hydrogens (tertiary/aromatic N) is 1. The molecule has 0 bridgehead atoms. The number of hydrogen-bond acceptors (Lipinski definition) is 2. The Morgan fingerprint density at radius 1 is 1.28 bits per heavy atom. The van der Waals surface area contributed by atoms with Crippen LogP contribution >= 0.6 is 0 Å². The first kappa shape index (κ1) is 12.8. The first-order valence-corrected chi connectivity index (χ1v) is 6.12. The maximum Gasteiger partial charge on any atom is 0.123 e. The molecule has 0 fully saturated rings. The molecule has 3 N–H and O–H groups in total. The molecule has 1 atom stereocenters. The van der Waals surface area contributed by atoms with Gasteiger partial charge in [0.05, 0.1) is 11.9 Å². The second-order valence-corrected chi connectivity index (χ2v) is 4.78. The Bertz CT molecular complexity index is 502. The number of halogens is 1. The van der Waals surface area contributed by atoms with Crippen LogP contribution < -0.4 is 5.73 Å². The second-order valence-electron chi connectivity index (χ2n) is 4.78. The summed E-state index contributed by atoms with van der Waals surface area (Å²) in [4.78, 5) is 7.65. The van der Waals surface area contributed by atoms with Crippen molar-refractivity contribution in [3.05, 3.63) is 42.1 Å². The van der Waals surface area contributed by atoms with Crippen molar-refractivity contribution in [3.8, 4) is 11.3 Å². The molecule has 4 heteroatoms. The first-order valence-electron chi connectivity index (χ1n) is 6.12. The van der Waals surface area contributed by atoms with Gasteiger partial charge in [-0.3, -0.25) is 0 Å². The van der Waals surface area contributed by atoms with Crippen molar-refractivity contribution in [2.75, 3.05) is 6.54 Å². The summed E-state index contributed by atoms with van der Waals surface area (Å²) in [6.07, 6.45) is 1.77. The molecule has 1 unspecified atom stereocenters. The second kappa shape index (κ2) is 5.31. The van der Waals surface area contributed by atoms with Crippen molar-refractivity contribution < 1.29 is 4.39 Å². The van der Waals surface area contributed by atoms with Gasteiger partial charge in [0.25, 0.3) is 0 Å². The number of aromatic nitrogens is 2. The van der Waals surface area contributed by atoms with Gasteiger partial charge >= 0.3 is 0 Å². The third-order valence-electron chi connectivity index (χ3n) is 3.16. The van der Waals surface area contributed by atoms with Gasteiger partial charge in [-0.05, 0) is 35.7 Å². The predicted molar refractivity (Wildman–Crippen MR) is 70.6 cm³/mol. The standard InChI is InChI=1S/C14H18FN3/c1-9(2)12(7-16)14-17-8-13(18-14)10-3-5-11(15)6-4-10/h3-6,8-9,12H,7,16H2,1-2H3,(H,17,18). The topological polar surface area (TPSA) is 54.7 Å².